The molecule has 0 spiro atoms. The van der Waals surface area contributed by atoms with E-state index in [9.17, 15) is 4.79 Å². The number of rotatable bonds is 4. The van der Waals surface area contributed by atoms with E-state index in [0.29, 0.717) is 12.6 Å². The van der Waals surface area contributed by atoms with Crippen LogP contribution >= 0.6 is 24.8 Å². The van der Waals surface area contributed by atoms with Crippen molar-refractivity contribution in [2.75, 3.05) is 52.4 Å². The Labute approximate surface area is 163 Å². The zero-order valence-corrected chi connectivity index (χ0v) is 16.5. The molecule has 0 bridgehead atoms. The second-order valence-corrected chi connectivity index (χ2v) is 6.68. The van der Waals surface area contributed by atoms with E-state index in [1.54, 1.807) is 0 Å². The van der Waals surface area contributed by atoms with Crippen LogP contribution < -0.4 is 5.32 Å². The summed E-state index contributed by atoms with van der Waals surface area (Å²) in [7, 11) is 0. The second-order valence-electron chi connectivity index (χ2n) is 6.68. The van der Waals surface area contributed by atoms with Crippen LogP contribution in [0.2, 0.25) is 0 Å². The molecular formula is C18H30Cl2N4O. The minimum Gasteiger partial charge on any atom is -0.336 e. The molecule has 7 heteroatoms. The maximum atomic E-state index is 12.5. The fraction of sp³-hybridized carbons (Fsp3) is 0.611. The molecule has 0 saturated carbocycles. The SMILES string of the molecule is C[C@H]1CNCCN1C(=O)CN1CCN(Cc2ccccc2)CC1.Cl.Cl. The van der Waals surface area contributed by atoms with Gasteiger partial charge in [0, 0.05) is 58.4 Å². The molecule has 1 aromatic rings. The van der Waals surface area contributed by atoms with Crippen molar-refractivity contribution >= 4 is 30.7 Å². The third kappa shape index (κ3) is 6.42. The first-order chi connectivity index (χ1) is 11.2. The van der Waals surface area contributed by atoms with Gasteiger partial charge in [0.05, 0.1) is 6.54 Å². The summed E-state index contributed by atoms with van der Waals surface area (Å²) in [5.41, 5.74) is 1.37. The van der Waals surface area contributed by atoms with E-state index in [4.69, 9.17) is 0 Å². The lowest BCUT2D eigenvalue weighted by atomic mass is 10.2. The third-order valence-electron chi connectivity index (χ3n) is 4.89. The largest absolute Gasteiger partial charge is 0.336 e. The lowest BCUT2D eigenvalue weighted by Gasteiger charge is -2.38. The monoisotopic (exact) mass is 388 g/mol. The van der Waals surface area contributed by atoms with Crippen LogP contribution in [-0.4, -0.2) is 79.0 Å². The van der Waals surface area contributed by atoms with Gasteiger partial charge in [-0.1, -0.05) is 30.3 Å². The van der Waals surface area contributed by atoms with Gasteiger partial charge in [-0.15, -0.1) is 24.8 Å². The summed E-state index contributed by atoms with van der Waals surface area (Å²) in [6.07, 6.45) is 0. The lowest BCUT2D eigenvalue weighted by Crippen LogP contribution is -2.56. The quantitative estimate of drug-likeness (QED) is 0.847. The number of carbonyl (C=O) groups is 1. The maximum absolute atomic E-state index is 12.5. The molecule has 0 unspecified atom stereocenters. The highest BCUT2D eigenvalue weighted by Crippen LogP contribution is 2.10. The lowest BCUT2D eigenvalue weighted by molar-refractivity contribution is -0.135. The summed E-state index contributed by atoms with van der Waals surface area (Å²) in [5, 5.41) is 3.34. The molecule has 2 saturated heterocycles. The molecule has 0 radical (unpaired) electrons. The van der Waals surface area contributed by atoms with Crippen LogP contribution in [0.4, 0.5) is 0 Å². The second kappa shape index (κ2) is 11.0. The van der Waals surface area contributed by atoms with Gasteiger partial charge in [-0.25, -0.2) is 0 Å². The van der Waals surface area contributed by atoms with Crippen LogP contribution in [0.3, 0.4) is 0 Å². The fourth-order valence-electron chi connectivity index (χ4n) is 3.44. The van der Waals surface area contributed by atoms with Gasteiger partial charge in [0.2, 0.25) is 5.91 Å². The smallest absolute Gasteiger partial charge is 0.237 e. The number of amides is 1. The van der Waals surface area contributed by atoms with Gasteiger partial charge in [-0.05, 0) is 12.5 Å². The Morgan fingerprint density at radius 2 is 1.68 bits per heavy atom. The summed E-state index contributed by atoms with van der Waals surface area (Å²) in [4.78, 5) is 19.3. The topological polar surface area (TPSA) is 38.8 Å². The molecule has 3 rings (SSSR count). The van der Waals surface area contributed by atoms with E-state index in [1.165, 1.54) is 5.56 Å². The van der Waals surface area contributed by atoms with Gasteiger partial charge in [0.25, 0.3) is 0 Å². The Bertz CT molecular complexity index is 509. The number of hydrogen-bond acceptors (Lipinski definition) is 4. The Hall–Kier alpha value is -0.850. The van der Waals surface area contributed by atoms with Gasteiger partial charge in [-0.3, -0.25) is 14.6 Å². The molecule has 0 aliphatic carbocycles. The van der Waals surface area contributed by atoms with Crippen molar-refractivity contribution in [2.45, 2.75) is 19.5 Å². The molecule has 0 aromatic heterocycles. The van der Waals surface area contributed by atoms with Crippen molar-refractivity contribution < 1.29 is 4.79 Å². The zero-order valence-electron chi connectivity index (χ0n) is 14.9. The third-order valence-corrected chi connectivity index (χ3v) is 4.89. The Morgan fingerprint density at radius 3 is 2.32 bits per heavy atom. The van der Waals surface area contributed by atoms with Crippen molar-refractivity contribution in [2.24, 2.45) is 0 Å². The van der Waals surface area contributed by atoms with Gasteiger partial charge >= 0.3 is 0 Å². The van der Waals surface area contributed by atoms with Crippen LogP contribution in [0.5, 0.6) is 0 Å². The van der Waals surface area contributed by atoms with Gasteiger partial charge in [0.1, 0.15) is 0 Å². The normalized spacial score (nSPS) is 22.0. The van der Waals surface area contributed by atoms with E-state index >= 15 is 0 Å². The predicted octanol–water partition coefficient (Wildman–Crippen LogP) is 1.47. The van der Waals surface area contributed by atoms with Crippen molar-refractivity contribution in [3.05, 3.63) is 35.9 Å². The molecule has 142 valence electrons. The molecule has 25 heavy (non-hydrogen) atoms. The van der Waals surface area contributed by atoms with E-state index in [2.05, 4.69) is 52.4 Å². The standard InChI is InChI=1S/C18H28N4O.2ClH/c1-16-13-19-7-8-22(16)18(23)15-21-11-9-20(10-12-21)14-17-5-3-2-4-6-17;;/h2-6,16,19H,7-15H2,1H3;2*1H/t16-;;/m0../s1. The molecule has 1 atom stereocenters. The van der Waals surface area contributed by atoms with Crippen LogP contribution in [0.25, 0.3) is 0 Å². The van der Waals surface area contributed by atoms with Gasteiger partial charge < -0.3 is 10.2 Å². The highest BCUT2D eigenvalue weighted by Gasteiger charge is 2.26. The number of nitrogens with one attached hydrogen (secondary N) is 1. The minimum absolute atomic E-state index is 0. The molecule has 2 aliphatic heterocycles. The molecule has 1 aromatic carbocycles. The predicted molar refractivity (Wildman–Crippen MR) is 107 cm³/mol. The summed E-state index contributed by atoms with van der Waals surface area (Å²) >= 11 is 0. The van der Waals surface area contributed by atoms with Crippen LogP contribution in [0.1, 0.15) is 12.5 Å². The molecule has 2 aliphatic rings. The summed E-state index contributed by atoms with van der Waals surface area (Å²) in [6.45, 7) is 10.4. The number of benzene rings is 1. The van der Waals surface area contributed by atoms with E-state index in [-0.39, 0.29) is 30.7 Å². The van der Waals surface area contributed by atoms with Crippen LogP contribution in [-0.2, 0) is 11.3 Å². The number of piperazine rings is 2. The minimum atomic E-state index is 0. The van der Waals surface area contributed by atoms with Crippen molar-refractivity contribution in [1.29, 1.82) is 0 Å². The summed E-state index contributed by atoms with van der Waals surface area (Å²) in [6, 6.07) is 10.9. The average molecular weight is 389 g/mol. The molecule has 2 heterocycles. The first kappa shape index (κ1) is 22.2. The van der Waals surface area contributed by atoms with Gasteiger partial charge in [-0.2, -0.15) is 0 Å². The van der Waals surface area contributed by atoms with Crippen molar-refractivity contribution in [3.8, 4) is 0 Å². The van der Waals surface area contributed by atoms with Crippen molar-refractivity contribution in [1.82, 2.24) is 20.0 Å². The first-order valence-electron chi connectivity index (χ1n) is 8.71. The van der Waals surface area contributed by atoms with E-state index in [0.717, 1.165) is 52.4 Å². The molecule has 5 nitrogen and oxygen atoms in total. The Kier molecular flexibility index (Phi) is 9.75. The number of carbonyl (C=O) groups excluding carboxylic acids is 1. The zero-order chi connectivity index (χ0) is 16.1. The molecule has 2 fully saturated rings. The summed E-state index contributed by atoms with van der Waals surface area (Å²) < 4.78 is 0. The molecule has 1 amide bonds. The molecule has 1 N–H and O–H groups in total. The highest BCUT2D eigenvalue weighted by molar-refractivity contribution is 5.85. The van der Waals surface area contributed by atoms with Crippen molar-refractivity contribution in [3.63, 3.8) is 0 Å². The number of nitrogens with zero attached hydrogens (tertiary/aromatic N) is 3. The number of halogens is 2. The fourth-order valence-corrected chi connectivity index (χ4v) is 3.44. The van der Waals surface area contributed by atoms with E-state index < -0.39 is 0 Å². The molecular weight excluding hydrogens is 359 g/mol. The average Bonchev–Trinajstić information content (AvgIpc) is 2.58. The van der Waals surface area contributed by atoms with E-state index in [1.807, 2.05) is 4.90 Å². The maximum Gasteiger partial charge on any atom is 0.237 e. The van der Waals surface area contributed by atoms with Gasteiger partial charge in [0.15, 0.2) is 0 Å². The first-order valence-corrected chi connectivity index (χ1v) is 8.71. The Morgan fingerprint density at radius 1 is 1.04 bits per heavy atom. The van der Waals surface area contributed by atoms with Crippen LogP contribution in [0.15, 0.2) is 30.3 Å². The Balaban J connectivity index is 0.00000156. The summed E-state index contributed by atoms with van der Waals surface area (Å²) in [5.74, 6) is 0.288. The number of hydrogen-bond donors (Lipinski definition) is 1. The van der Waals surface area contributed by atoms with Crippen LogP contribution in [0, 0.1) is 0 Å². The highest BCUT2D eigenvalue weighted by atomic mass is 35.5.